The number of aldehydes is 1. The Labute approximate surface area is 92.4 Å². The lowest BCUT2D eigenvalue weighted by Crippen LogP contribution is -1.95. The first kappa shape index (κ1) is 10.1. The van der Waals surface area contributed by atoms with E-state index in [4.69, 9.17) is 0 Å². The monoisotopic (exact) mass is 220 g/mol. The lowest BCUT2D eigenvalue weighted by Gasteiger charge is -1.97. The highest BCUT2D eigenvalue weighted by Crippen LogP contribution is 2.17. The third-order valence-corrected chi connectivity index (χ3v) is 3.36. The Kier molecular flexibility index (Phi) is 2.68. The van der Waals surface area contributed by atoms with Crippen LogP contribution in [0.5, 0.6) is 0 Å². The molecule has 0 aliphatic carbocycles. The zero-order valence-corrected chi connectivity index (χ0v) is 9.54. The van der Waals surface area contributed by atoms with E-state index < -0.39 is 0 Å². The smallest absolute Gasteiger partial charge is 0.151 e. The fourth-order valence-corrected chi connectivity index (χ4v) is 2.33. The van der Waals surface area contributed by atoms with E-state index in [1.807, 2.05) is 23.9 Å². The van der Waals surface area contributed by atoms with E-state index in [0.29, 0.717) is 5.56 Å². The molecule has 0 N–H and O–H groups in total. The Morgan fingerprint density at radius 3 is 2.87 bits per heavy atom. The predicted octanol–water partition coefficient (Wildman–Crippen LogP) is 2.42. The highest BCUT2D eigenvalue weighted by Gasteiger charge is 2.04. The Bertz CT molecular complexity index is 465. The van der Waals surface area contributed by atoms with Gasteiger partial charge in [0.2, 0.25) is 0 Å². The van der Waals surface area contributed by atoms with E-state index in [2.05, 4.69) is 11.9 Å². The van der Waals surface area contributed by atoms with Crippen molar-refractivity contribution in [3.8, 4) is 0 Å². The summed E-state index contributed by atoms with van der Waals surface area (Å²) in [5.41, 5.74) is 1.80. The topological polar surface area (TPSA) is 34.9 Å². The van der Waals surface area contributed by atoms with Crippen LogP contribution in [0.25, 0.3) is 0 Å². The second-order valence-corrected chi connectivity index (χ2v) is 4.77. The third kappa shape index (κ3) is 2.15. The van der Waals surface area contributed by atoms with Crippen molar-refractivity contribution in [3.63, 3.8) is 0 Å². The molecule has 0 saturated heterocycles. The number of nitrogens with zero attached hydrogens (tertiary/aromatic N) is 2. The summed E-state index contributed by atoms with van der Waals surface area (Å²) in [6, 6.07) is 1.81. The Morgan fingerprint density at radius 1 is 1.53 bits per heavy atom. The molecule has 2 heterocycles. The lowest BCUT2D eigenvalue weighted by molar-refractivity contribution is 0.112. The summed E-state index contributed by atoms with van der Waals surface area (Å²) in [5.74, 6) is 0. The van der Waals surface area contributed by atoms with Crippen molar-refractivity contribution in [2.75, 3.05) is 0 Å². The molecule has 0 aliphatic rings. The summed E-state index contributed by atoms with van der Waals surface area (Å²) in [7, 11) is 0. The van der Waals surface area contributed by atoms with E-state index >= 15 is 0 Å². The number of carbonyl (C=O) groups is 1. The van der Waals surface area contributed by atoms with Gasteiger partial charge >= 0.3 is 0 Å². The molecule has 0 aliphatic heterocycles. The lowest BCUT2D eigenvalue weighted by atomic mass is 10.4. The van der Waals surface area contributed by atoms with Gasteiger partial charge in [0.1, 0.15) is 5.01 Å². The van der Waals surface area contributed by atoms with Crippen LogP contribution >= 0.6 is 11.3 Å². The zero-order valence-electron chi connectivity index (χ0n) is 8.73. The number of aromatic nitrogens is 2. The summed E-state index contributed by atoms with van der Waals surface area (Å²) in [5, 5.41) is 1.08. The van der Waals surface area contributed by atoms with Gasteiger partial charge in [0, 0.05) is 22.8 Å². The summed E-state index contributed by atoms with van der Waals surface area (Å²) in [6.45, 7) is 4.83. The first-order chi connectivity index (χ1) is 7.19. The third-order valence-electron chi connectivity index (χ3n) is 2.30. The maximum atomic E-state index is 10.5. The standard InChI is InChI=1S/C11H12N2OS/c1-8-9(2)15-11(12-8)6-13-4-3-10(5-13)7-14/h3-5,7H,6H2,1-2H3. The van der Waals surface area contributed by atoms with Crippen molar-refractivity contribution in [3.05, 3.63) is 39.6 Å². The highest BCUT2D eigenvalue weighted by molar-refractivity contribution is 7.11. The average molecular weight is 220 g/mol. The van der Waals surface area contributed by atoms with Crippen LogP contribution in [0, 0.1) is 13.8 Å². The second-order valence-electron chi connectivity index (χ2n) is 3.48. The molecule has 0 saturated carbocycles. The van der Waals surface area contributed by atoms with Gasteiger partial charge in [0.25, 0.3) is 0 Å². The predicted molar refractivity (Wildman–Crippen MR) is 60.5 cm³/mol. The minimum Gasteiger partial charge on any atom is -0.347 e. The molecule has 0 aromatic carbocycles. The van der Waals surface area contributed by atoms with Gasteiger partial charge in [-0.3, -0.25) is 4.79 Å². The molecule has 0 fully saturated rings. The van der Waals surface area contributed by atoms with Crippen LogP contribution in [0.3, 0.4) is 0 Å². The number of aryl methyl sites for hydroxylation is 2. The minimum atomic E-state index is 0.708. The van der Waals surface area contributed by atoms with Crippen LogP contribution in [0.15, 0.2) is 18.5 Å². The molecule has 78 valence electrons. The molecular formula is C11H12N2OS. The Hall–Kier alpha value is -1.42. The molecule has 2 aromatic rings. The summed E-state index contributed by atoms with van der Waals surface area (Å²) < 4.78 is 1.97. The summed E-state index contributed by atoms with van der Waals surface area (Å²) in [6.07, 6.45) is 4.59. The highest BCUT2D eigenvalue weighted by atomic mass is 32.1. The van der Waals surface area contributed by atoms with E-state index in [1.54, 1.807) is 17.4 Å². The number of rotatable bonds is 3. The summed E-state index contributed by atoms with van der Waals surface area (Å²) >= 11 is 1.71. The maximum absolute atomic E-state index is 10.5. The molecule has 3 nitrogen and oxygen atoms in total. The van der Waals surface area contributed by atoms with Crippen LogP contribution in [-0.4, -0.2) is 15.8 Å². The first-order valence-corrected chi connectivity index (χ1v) is 5.54. The van der Waals surface area contributed by atoms with Gasteiger partial charge in [-0.15, -0.1) is 11.3 Å². The Morgan fingerprint density at radius 2 is 2.33 bits per heavy atom. The van der Waals surface area contributed by atoms with Crippen molar-refractivity contribution in [2.45, 2.75) is 20.4 Å². The molecule has 0 amide bonds. The van der Waals surface area contributed by atoms with Crippen LogP contribution in [0.4, 0.5) is 0 Å². The van der Waals surface area contributed by atoms with Crippen LogP contribution in [0.2, 0.25) is 0 Å². The van der Waals surface area contributed by atoms with Gasteiger partial charge in [-0.05, 0) is 19.9 Å². The van der Waals surface area contributed by atoms with Crippen molar-refractivity contribution in [2.24, 2.45) is 0 Å². The fourth-order valence-electron chi connectivity index (χ4n) is 1.39. The molecule has 15 heavy (non-hydrogen) atoms. The molecule has 0 spiro atoms. The minimum absolute atomic E-state index is 0.708. The summed E-state index contributed by atoms with van der Waals surface area (Å²) in [4.78, 5) is 16.2. The first-order valence-electron chi connectivity index (χ1n) is 4.73. The SMILES string of the molecule is Cc1nc(Cn2ccc(C=O)c2)sc1C. The molecule has 0 radical (unpaired) electrons. The van der Waals surface area contributed by atoms with E-state index in [1.165, 1.54) is 4.88 Å². The fraction of sp³-hybridized carbons (Fsp3) is 0.273. The molecular weight excluding hydrogens is 208 g/mol. The molecule has 2 aromatic heterocycles. The van der Waals surface area contributed by atoms with Gasteiger partial charge < -0.3 is 4.57 Å². The van der Waals surface area contributed by atoms with Crippen molar-refractivity contribution >= 4 is 17.6 Å². The van der Waals surface area contributed by atoms with Gasteiger partial charge in [-0.2, -0.15) is 0 Å². The maximum Gasteiger partial charge on any atom is 0.151 e. The quantitative estimate of drug-likeness (QED) is 0.744. The van der Waals surface area contributed by atoms with Gasteiger partial charge in [0.05, 0.1) is 12.2 Å². The van der Waals surface area contributed by atoms with Gasteiger partial charge in [0.15, 0.2) is 6.29 Å². The van der Waals surface area contributed by atoms with Crippen LogP contribution in [0.1, 0.15) is 25.9 Å². The van der Waals surface area contributed by atoms with Crippen LogP contribution in [-0.2, 0) is 6.54 Å². The van der Waals surface area contributed by atoms with Crippen molar-refractivity contribution in [1.29, 1.82) is 0 Å². The Balaban J connectivity index is 2.17. The molecule has 4 heteroatoms. The van der Waals surface area contributed by atoms with E-state index in [9.17, 15) is 4.79 Å². The normalized spacial score (nSPS) is 10.5. The van der Waals surface area contributed by atoms with Crippen molar-refractivity contribution in [1.82, 2.24) is 9.55 Å². The molecule has 2 rings (SSSR count). The number of carbonyl (C=O) groups excluding carboxylic acids is 1. The largest absolute Gasteiger partial charge is 0.347 e. The van der Waals surface area contributed by atoms with E-state index in [0.717, 1.165) is 23.5 Å². The number of thiazole rings is 1. The molecule has 0 unspecified atom stereocenters. The molecule has 0 atom stereocenters. The molecule has 0 bridgehead atoms. The number of hydrogen-bond donors (Lipinski definition) is 0. The average Bonchev–Trinajstić information content (AvgIpc) is 2.76. The van der Waals surface area contributed by atoms with Crippen LogP contribution < -0.4 is 0 Å². The van der Waals surface area contributed by atoms with E-state index in [-0.39, 0.29) is 0 Å². The second kappa shape index (κ2) is 3.98. The zero-order chi connectivity index (χ0) is 10.8. The van der Waals surface area contributed by atoms with Crippen molar-refractivity contribution < 1.29 is 4.79 Å². The van der Waals surface area contributed by atoms with Gasteiger partial charge in [-0.1, -0.05) is 0 Å². The number of hydrogen-bond acceptors (Lipinski definition) is 3. The van der Waals surface area contributed by atoms with Gasteiger partial charge in [-0.25, -0.2) is 4.98 Å².